The van der Waals surface area contributed by atoms with Gasteiger partial charge in [-0.3, -0.25) is 9.78 Å². The lowest BCUT2D eigenvalue weighted by molar-refractivity contribution is 0.390. The average molecular weight is 430 g/mol. The first-order chi connectivity index (χ1) is 15.3. The van der Waals surface area contributed by atoms with Gasteiger partial charge in [-0.15, -0.1) is 0 Å². The van der Waals surface area contributed by atoms with E-state index in [-0.39, 0.29) is 29.2 Å². The maximum Gasteiger partial charge on any atom is 0.349 e. The Morgan fingerprint density at radius 2 is 1.97 bits per heavy atom. The third-order valence-electron chi connectivity index (χ3n) is 4.74. The highest BCUT2D eigenvalue weighted by atomic mass is 16.5. The third-order valence-corrected chi connectivity index (χ3v) is 4.74. The molecule has 1 aromatic rings. The van der Waals surface area contributed by atoms with Gasteiger partial charge in [-0.1, -0.05) is 6.58 Å². The first kappa shape index (κ1) is 22.0. The van der Waals surface area contributed by atoms with E-state index in [2.05, 4.69) is 21.5 Å². The quantitative estimate of drug-likeness (QED) is 0.460. The van der Waals surface area contributed by atoms with E-state index in [0.717, 1.165) is 0 Å². The number of hydrogen-bond donors (Lipinski definition) is 1. The van der Waals surface area contributed by atoms with Gasteiger partial charge in [0.1, 0.15) is 17.6 Å². The summed E-state index contributed by atoms with van der Waals surface area (Å²) in [6.45, 7) is 5.34. The van der Waals surface area contributed by atoms with Gasteiger partial charge < -0.3 is 14.0 Å². The maximum atomic E-state index is 12.4. The van der Waals surface area contributed by atoms with Crippen LogP contribution in [0.1, 0.15) is 17.0 Å². The zero-order valence-corrected chi connectivity index (χ0v) is 17.6. The molecule has 0 unspecified atom stereocenters. The SMILES string of the molecule is C=C(C#N)/C(C#N)=C\c1c(C)nc2c(=O)[nH]c(=O)nc-2n1Cc1ccc(OC)cc1OC. The standard InChI is InChI=1S/C22H18N6O4/c1-12(9-23)15(10-24)7-17-13(2)25-19-20(26-22(30)27-21(19)29)28(17)11-14-5-6-16(31-3)8-18(14)32-4/h5-8H,1,11H2,2-4H3,(H,27,29,30)/b15-7-. The molecule has 0 amide bonds. The van der Waals surface area contributed by atoms with Crippen LogP contribution in [0.5, 0.6) is 11.5 Å². The molecule has 0 radical (unpaired) electrons. The lowest BCUT2D eigenvalue weighted by atomic mass is 10.1. The number of nitriles is 2. The third kappa shape index (κ3) is 4.11. The van der Waals surface area contributed by atoms with Crippen molar-refractivity contribution in [1.82, 2.24) is 19.5 Å². The highest BCUT2D eigenvalue weighted by Gasteiger charge is 2.22. The summed E-state index contributed by atoms with van der Waals surface area (Å²) in [6, 6.07) is 8.98. The minimum absolute atomic E-state index is 0.0133. The largest absolute Gasteiger partial charge is 0.497 e. The summed E-state index contributed by atoms with van der Waals surface area (Å²) < 4.78 is 12.3. The van der Waals surface area contributed by atoms with E-state index < -0.39 is 11.2 Å². The fourth-order valence-corrected chi connectivity index (χ4v) is 3.14. The molecule has 0 aliphatic carbocycles. The van der Waals surface area contributed by atoms with Gasteiger partial charge in [0.25, 0.3) is 5.56 Å². The van der Waals surface area contributed by atoms with Crippen LogP contribution in [0.3, 0.4) is 0 Å². The minimum Gasteiger partial charge on any atom is -0.497 e. The molecule has 0 aromatic heterocycles. The summed E-state index contributed by atoms with van der Waals surface area (Å²) in [7, 11) is 3.03. The molecule has 1 N–H and O–H groups in total. The van der Waals surface area contributed by atoms with Crippen molar-refractivity contribution in [3.8, 4) is 35.2 Å². The highest BCUT2D eigenvalue weighted by Crippen LogP contribution is 2.28. The Kier molecular flexibility index (Phi) is 6.17. The Morgan fingerprint density at radius 1 is 1.22 bits per heavy atom. The van der Waals surface area contributed by atoms with Crippen LogP contribution in [0.15, 0.2) is 45.5 Å². The number of methoxy groups -OCH3 is 2. The minimum atomic E-state index is -0.833. The van der Waals surface area contributed by atoms with E-state index in [1.54, 1.807) is 29.7 Å². The van der Waals surface area contributed by atoms with Crippen molar-refractivity contribution in [2.24, 2.45) is 0 Å². The Labute approximate surface area is 182 Å². The molecule has 32 heavy (non-hydrogen) atoms. The van der Waals surface area contributed by atoms with Crippen LogP contribution in [0, 0.1) is 29.6 Å². The summed E-state index contributed by atoms with van der Waals surface area (Å²) in [5.41, 5.74) is -0.133. The number of fused-ring (bicyclic) bond motifs is 1. The van der Waals surface area contributed by atoms with Crippen LogP contribution in [0.4, 0.5) is 0 Å². The van der Waals surface area contributed by atoms with E-state index in [4.69, 9.17) is 14.7 Å². The topological polar surface area (TPSA) is 147 Å². The second-order valence-corrected chi connectivity index (χ2v) is 6.65. The van der Waals surface area contributed by atoms with Crippen molar-refractivity contribution in [1.29, 1.82) is 10.5 Å². The van der Waals surface area contributed by atoms with Crippen molar-refractivity contribution >= 4 is 6.08 Å². The maximum absolute atomic E-state index is 12.4. The Balaban J connectivity index is 2.37. The van der Waals surface area contributed by atoms with E-state index in [0.29, 0.717) is 28.5 Å². The molecule has 0 spiro atoms. The number of rotatable bonds is 6. The van der Waals surface area contributed by atoms with Crippen LogP contribution >= 0.6 is 0 Å². The van der Waals surface area contributed by atoms with Crippen molar-refractivity contribution in [3.63, 3.8) is 0 Å². The molecule has 0 atom stereocenters. The van der Waals surface area contributed by atoms with Gasteiger partial charge >= 0.3 is 5.69 Å². The normalized spacial score (nSPS) is 11.0. The molecule has 2 aliphatic rings. The number of aromatic nitrogens is 4. The molecule has 0 fully saturated rings. The number of nitrogens with one attached hydrogen (secondary N) is 1. The zero-order chi connectivity index (χ0) is 23.4. The van der Waals surface area contributed by atoms with Crippen molar-refractivity contribution in [3.05, 3.63) is 73.7 Å². The number of aromatic amines is 1. The average Bonchev–Trinajstić information content (AvgIpc) is 2.79. The summed E-state index contributed by atoms with van der Waals surface area (Å²) in [4.78, 5) is 34.7. The van der Waals surface area contributed by atoms with E-state index in [1.807, 2.05) is 12.1 Å². The molecule has 0 saturated carbocycles. The second kappa shape index (κ2) is 8.98. The van der Waals surface area contributed by atoms with Crippen LogP contribution in [0.2, 0.25) is 0 Å². The fraction of sp³-hybridized carbons (Fsp3) is 0.182. The van der Waals surface area contributed by atoms with E-state index in [9.17, 15) is 14.9 Å². The van der Waals surface area contributed by atoms with Gasteiger partial charge in [0.2, 0.25) is 0 Å². The smallest absolute Gasteiger partial charge is 0.349 e. The van der Waals surface area contributed by atoms with Crippen molar-refractivity contribution in [2.75, 3.05) is 14.2 Å². The fourth-order valence-electron chi connectivity index (χ4n) is 3.14. The molecular weight excluding hydrogens is 412 g/mol. The Bertz CT molecular complexity index is 1420. The van der Waals surface area contributed by atoms with E-state index in [1.165, 1.54) is 20.3 Å². The lowest BCUT2D eigenvalue weighted by Crippen LogP contribution is -2.30. The van der Waals surface area contributed by atoms with E-state index >= 15 is 0 Å². The van der Waals surface area contributed by atoms with Crippen LogP contribution in [-0.4, -0.2) is 33.7 Å². The molecule has 3 rings (SSSR count). The molecule has 160 valence electrons. The lowest BCUT2D eigenvalue weighted by Gasteiger charge is -2.20. The first-order valence-corrected chi connectivity index (χ1v) is 9.26. The number of ether oxygens (including phenoxy) is 2. The molecule has 0 saturated heterocycles. The Hall–Kier alpha value is -4.70. The summed E-state index contributed by atoms with van der Waals surface area (Å²) in [5, 5.41) is 18.6. The summed E-state index contributed by atoms with van der Waals surface area (Å²) >= 11 is 0. The molecule has 2 heterocycles. The van der Waals surface area contributed by atoms with Gasteiger partial charge in [0.15, 0.2) is 11.5 Å². The summed E-state index contributed by atoms with van der Waals surface area (Å²) in [5.74, 6) is 1.11. The molecular formula is C22H18N6O4. The molecule has 10 nitrogen and oxygen atoms in total. The molecule has 10 heteroatoms. The van der Waals surface area contributed by atoms with Gasteiger partial charge in [-0.25, -0.2) is 9.78 Å². The number of nitrogens with zero attached hydrogens (tertiary/aromatic N) is 5. The predicted molar refractivity (Wildman–Crippen MR) is 115 cm³/mol. The number of hydrogen-bond acceptors (Lipinski definition) is 8. The predicted octanol–water partition coefficient (Wildman–Crippen LogP) is 1.79. The summed E-state index contributed by atoms with van der Waals surface area (Å²) in [6.07, 6.45) is 1.43. The molecule has 1 aromatic carbocycles. The van der Waals surface area contributed by atoms with Crippen LogP contribution in [-0.2, 0) is 6.54 Å². The van der Waals surface area contributed by atoms with Gasteiger partial charge in [-0.2, -0.15) is 15.5 Å². The van der Waals surface area contributed by atoms with Crippen molar-refractivity contribution < 1.29 is 9.47 Å². The molecule has 0 bridgehead atoms. The highest BCUT2D eigenvalue weighted by molar-refractivity contribution is 5.68. The number of allylic oxidation sites excluding steroid dienone is 2. The Morgan fingerprint density at radius 3 is 2.59 bits per heavy atom. The number of aryl methyl sites for hydroxylation is 1. The monoisotopic (exact) mass is 430 g/mol. The zero-order valence-electron chi connectivity index (χ0n) is 17.6. The van der Waals surface area contributed by atoms with Crippen LogP contribution in [0.25, 0.3) is 17.6 Å². The van der Waals surface area contributed by atoms with Crippen LogP contribution < -0.4 is 20.7 Å². The van der Waals surface area contributed by atoms with Crippen molar-refractivity contribution in [2.45, 2.75) is 13.5 Å². The molecule has 2 aliphatic heterocycles. The second-order valence-electron chi connectivity index (χ2n) is 6.65. The van der Waals surface area contributed by atoms with Gasteiger partial charge in [0, 0.05) is 11.6 Å². The van der Waals surface area contributed by atoms with Gasteiger partial charge in [-0.05, 0) is 25.1 Å². The van der Waals surface area contributed by atoms with Gasteiger partial charge in [0.05, 0.1) is 49.4 Å². The number of H-pyrrole nitrogens is 1. The number of benzene rings is 1. The first-order valence-electron chi connectivity index (χ1n) is 9.26.